The number of carbonyl (C=O) groups is 1. The molecule has 1 aliphatic carbocycles. The summed E-state index contributed by atoms with van der Waals surface area (Å²) in [4.78, 5) is 19.6. The summed E-state index contributed by atoms with van der Waals surface area (Å²) in [6.07, 6.45) is 4.62. The molecule has 6 rings (SSSR count). The van der Waals surface area contributed by atoms with Crippen LogP contribution in [0.4, 0.5) is 20.3 Å². The van der Waals surface area contributed by atoms with E-state index in [1.54, 1.807) is 36.4 Å². The lowest BCUT2D eigenvalue weighted by Gasteiger charge is -2.14. The highest BCUT2D eigenvalue weighted by molar-refractivity contribution is 5.93. The third-order valence-electron chi connectivity index (χ3n) is 5.85. The molecule has 5 aromatic rings. The van der Waals surface area contributed by atoms with E-state index in [1.807, 2.05) is 0 Å². The number of aromatic nitrogens is 6. The Morgan fingerprint density at radius 1 is 1.00 bits per heavy atom. The SMILES string of the molecule is [C-]#[N+]c1ccc(-c2ccc3nnc(C(F)(F)c4ccc5nc(NC(=O)C6CC6)cn5n4)n3c2)cc1. The van der Waals surface area contributed by atoms with Gasteiger partial charge in [0.2, 0.25) is 11.7 Å². The molecule has 0 bridgehead atoms. The number of amides is 1. The predicted molar refractivity (Wildman–Crippen MR) is 122 cm³/mol. The van der Waals surface area contributed by atoms with Crippen LogP contribution in [-0.4, -0.2) is 35.1 Å². The minimum absolute atomic E-state index is 0.00983. The van der Waals surface area contributed by atoms with E-state index in [0.29, 0.717) is 16.9 Å². The standard InChI is InChI=1S/C24H16F2N8O/c1-27-17-7-4-14(5-8-17)16-6-10-21-30-31-23(33(21)12-16)24(25,26)18-9-11-20-28-19(13-34(20)32-18)29-22(35)15-2-3-15/h4-13,15H,2-3H2,(H,29,35). The summed E-state index contributed by atoms with van der Waals surface area (Å²) in [5.74, 6) is -4.03. The monoisotopic (exact) mass is 470 g/mol. The van der Waals surface area contributed by atoms with Crippen LogP contribution in [-0.2, 0) is 10.7 Å². The zero-order chi connectivity index (χ0) is 24.2. The van der Waals surface area contributed by atoms with Crippen LogP contribution in [0.15, 0.2) is 60.9 Å². The summed E-state index contributed by atoms with van der Waals surface area (Å²) in [6.45, 7) is 7.08. The number of fused-ring (bicyclic) bond motifs is 2. The summed E-state index contributed by atoms with van der Waals surface area (Å²) >= 11 is 0. The van der Waals surface area contributed by atoms with Gasteiger partial charge in [-0.3, -0.25) is 9.20 Å². The van der Waals surface area contributed by atoms with Crippen LogP contribution in [0.5, 0.6) is 0 Å². The van der Waals surface area contributed by atoms with Crippen molar-refractivity contribution in [3.05, 3.63) is 83.9 Å². The Kier molecular flexibility index (Phi) is 4.57. The van der Waals surface area contributed by atoms with Gasteiger partial charge in [-0.25, -0.2) is 14.3 Å². The molecule has 0 aliphatic heterocycles. The smallest absolute Gasteiger partial charge is 0.309 e. The number of halogens is 2. The lowest BCUT2D eigenvalue weighted by Crippen LogP contribution is -2.22. The van der Waals surface area contributed by atoms with E-state index in [0.717, 1.165) is 18.4 Å². The molecule has 1 fully saturated rings. The molecular formula is C24H16F2N8O. The van der Waals surface area contributed by atoms with Gasteiger partial charge in [0, 0.05) is 12.1 Å². The van der Waals surface area contributed by atoms with Gasteiger partial charge in [-0.15, -0.1) is 10.2 Å². The highest BCUT2D eigenvalue weighted by atomic mass is 19.3. The molecule has 35 heavy (non-hydrogen) atoms. The van der Waals surface area contributed by atoms with Crippen LogP contribution in [0.2, 0.25) is 0 Å². The second-order valence-corrected chi connectivity index (χ2v) is 8.31. The molecule has 0 spiro atoms. The molecule has 1 N–H and O–H groups in total. The van der Waals surface area contributed by atoms with Crippen molar-refractivity contribution in [2.24, 2.45) is 5.92 Å². The predicted octanol–water partition coefficient (Wildman–Crippen LogP) is 4.48. The third kappa shape index (κ3) is 3.65. The van der Waals surface area contributed by atoms with Crippen molar-refractivity contribution in [2.75, 3.05) is 5.32 Å². The summed E-state index contributed by atoms with van der Waals surface area (Å²) in [5, 5.41) is 14.4. The first-order valence-electron chi connectivity index (χ1n) is 10.8. The summed E-state index contributed by atoms with van der Waals surface area (Å²) in [7, 11) is 0. The number of alkyl halides is 2. The van der Waals surface area contributed by atoms with E-state index in [9.17, 15) is 4.79 Å². The first kappa shape index (κ1) is 20.9. The molecule has 0 atom stereocenters. The molecule has 0 radical (unpaired) electrons. The van der Waals surface area contributed by atoms with Crippen molar-refractivity contribution < 1.29 is 13.6 Å². The highest BCUT2D eigenvalue weighted by Crippen LogP contribution is 2.35. The fraction of sp³-hybridized carbons (Fsp3) is 0.167. The first-order valence-corrected chi connectivity index (χ1v) is 10.8. The fourth-order valence-corrected chi connectivity index (χ4v) is 3.80. The molecule has 1 aromatic carbocycles. The molecule has 4 aromatic heterocycles. The van der Waals surface area contributed by atoms with Gasteiger partial charge in [0.25, 0.3) is 0 Å². The van der Waals surface area contributed by atoms with Gasteiger partial charge >= 0.3 is 5.92 Å². The second-order valence-electron chi connectivity index (χ2n) is 8.31. The zero-order valence-electron chi connectivity index (χ0n) is 18.1. The van der Waals surface area contributed by atoms with Crippen LogP contribution in [0.25, 0.3) is 27.3 Å². The quantitative estimate of drug-likeness (QED) is 0.383. The molecule has 0 unspecified atom stereocenters. The molecule has 1 aliphatic rings. The number of anilines is 1. The van der Waals surface area contributed by atoms with Gasteiger partial charge in [0.15, 0.2) is 22.8 Å². The lowest BCUT2D eigenvalue weighted by atomic mass is 10.1. The first-order chi connectivity index (χ1) is 16.9. The van der Waals surface area contributed by atoms with Gasteiger partial charge in [-0.2, -0.15) is 13.9 Å². The Hall–Kier alpha value is -4.72. The lowest BCUT2D eigenvalue weighted by molar-refractivity contribution is -0.117. The summed E-state index contributed by atoms with van der Waals surface area (Å²) < 4.78 is 33.7. The minimum atomic E-state index is -3.57. The van der Waals surface area contributed by atoms with Gasteiger partial charge in [0.05, 0.1) is 12.8 Å². The number of pyridine rings is 1. The zero-order valence-corrected chi connectivity index (χ0v) is 18.1. The molecule has 172 valence electrons. The number of benzene rings is 1. The Morgan fingerprint density at radius 2 is 1.74 bits per heavy atom. The molecule has 0 saturated heterocycles. The van der Waals surface area contributed by atoms with Crippen molar-refractivity contribution in [1.29, 1.82) is 0 Å². The van der Waals surface area contributed by atoms with Gasteiger partial charge < -0.3 is 5.32 Å². The topological polar surface area (TPSA) is 93.8 Å². The van der Waals surface area contributed by atoms with E-state index in [4.69, 9.17) is 6.57 Å². The number of hydrogen-bond acceptors (Lipinski definition) is 5. The van der Waals surface area contributed by atoms with Crippen LogP contribution < -0.4 is 5.32 Å². The van der Waals surface area contributed by atoms with Crippen LogP contribution in [0.1, 0.15) is 24.4 Å². The molecule has 4 heterocycles. The Bertz CT molecular complexity index is 1640. The van der Waals surface area contributed by atoms with Crippen molar-refractivity contribution in [1.82, 2.24) is 29.2 Å². The van der Waals surface area contributed by atoms with E-state index in [-0.39, 0.29) is 23.3 Å². The van der Waals surface area contributed by atoms with Gasteiger partial charge in [-0.05, 0) is 48.2 Å². The maximum absolute atomic E-state index is 15.6. The van der Waals surface area contributed by atoms with Gasteiger partial charge in [-0.1, -0.05) is 24.3 Å². The van der Waals surface area contributed by atoms with E-state index >= 15 is 8.78 Å². The number of rotatable bonds is 5. The maximum atomic E-state index is 15.6. The average Bonchev–Trinajstić information content (AvgIpc) is 3.51. The van der Waals surface area contributed by atoms with E-state index in [1.165, 1.54) is 33.4 Å². The number of carbonyl (C=O) groups excluding carboxylic acids is 1. The van der Waals surface area contributed by atoms with Crippen molar-refractivity contribution in [3.63, 3.8) is 0 Å². The number of hydrogen-bond donors (Lipinski definition) is 1. The van der Waals surface area contributed by atoms with Crippen molar-refractivity contribution >= 4 is 28.7 Å². The number of nitrogens with one attached hydrogen (secondary N) is 1. The minimum Gasteiger partial charge on any atom is -0.309 e. The van der Waals surface area contributed by atoms with Crippen molar-refractivity contribution in [2.45, 2.75) is 18.8 Å². The highest BCUT2D eigenvalue weighted by Gasteiger charge is 2.41. The number of imidazole rings is 1. The second kappa shape index (κ2) is 7.66. The van der Waals surface area contributed by atoms with Crippen LogP contribution >= 0.6 is 0 Å². The Morgan fingerprint density at radius 3 is 2.49 bits per heavy atom. The molecule has 1 amide bonds. The Labute approximate surface area is 196 Å². The van der Waals surface area contributed by atoms with E-state index in [2.05, 4.69) is 30.4 Å². The maximum Gasteiger partial charge on any atom is 0.350 e. The van der Waals surface area contributed by atoms with E-state index < -0.39 is 17.4 Å². The summed E-state index contributed by atoms with van der Waals surface area (Å²) in [6, 6.07) is 12.8. The third-order valence-corrected chi connectivity index (χ3v) is 5.85. The molecule has 1 saturated carbocycles. The average molecular weight is 470 g/mol. The molecule has 9 nitrogen and oxygen atoms in total. The van der Waals surface area contributed by atoms with Gasteiger partial charge in [0.1, 0.15) is 5.69 Å². The fourth-order valence-electron chi connectivity index (χ4n) is 3.80. The van der Waals surface area contributed by atoms with Crippen molar-refractivity contribution in [3.8, 4) is 11.1 Å². The normalized spacial score (nSPS) is 13.7. The largest absolute Gasteiger partial charge is 0.350 e. The number of nitrogens with zero attached hydrogens (tertiary/aromatic N) is 7. The summed E-state index contributed by atoms with van der Waals surface area (Å²) in [5.41, 5.74) is 1.97. The van der Waals surface area contributed by atoms with Crippen LogP contribution in [0.3, 0.4) is 0 Å². The van der Waals surface area contributed by atoms with Crippen LogP contribution in [0, 0.1) is 12.5 Å². The Balaban J connectivity index is 1.36. The molecule has 11 heteroatoms. The molecular weight excluding hydrogens is 454 g/mol.